The van der Waals surface area contributed by atoms with Gasteiger partial charge in [0.05, 0.1) is 0 Å². The number of nitrogens with one attached hydrogen (secondary N) is 1. The zero-order chi connectivity index (χ0) is 17.2. The standard InChI is InChI=1S/C16H25N3O3S2/c1-17-11-13-5-2-8-18(12-13)16(20)14-6-3-9-19(14)24(21,22)15-7-4-10-23-15/h4,7,10,13-14,17H,2-3,5-6,8-9,11-12H2,1H3. The molecule has 1 N–H and O–H groups in total. The fourth-order valence-corrected chi connectivity index (χ4v) is 6.50. The van der Waals surface area contributed by atoms with E-state index in [-0.39, 0.29) is 5.91 Å². The minimum atomic E-state index is -3.56. The third-order valence-corrected chi connectivity index (χ3v) is 8.15. The molecule has 8 heteroatoms. The summed E-state index contributed by atoms with van der Waals surface area (Å²) in [4.78, 5) is 14.9. The van der Waals surface area contributed by atoms with Crippen LogP contribution < -0.4 is 5.32 Å². The van der Waals surface area contributed by atoms with Crippen molar-refractivity contribution in [2.24, 2.45) is 5.92 Å². The molecule has 1 aromatic heterocycles. The Morgan fingerprint density at radius 1 is 1.33 bits per heavy atom. The maximum Gasteiger partial charge on any atom is 0.253 e. The van der Waals surface area contributed by atoms with E-state index in [9.17, 15) is 13.2 Å². The van der Waals surface area contributed by atoms with Crippen molar-refractivity contribution in [1.82, 2.24) is 14.5 Å². The normalized spacial score (nSPS) is 26.0. The van der Waals surface area contributed by atoms with E-state index < -0.39 is 16.1 Å². The van der Waals surface area contributed by atoms with Gasteiger partial charge in [-0.2, -0.15) is 4.31 Å². The van der Waals surface area contributed by atoms with E-state index in [2.05, 4.69) is 5.32 Å². The molecule has 0 bridgehead atoms. The molecule has 3 heterocycles. The number of carbonyl (C=O) groups is 1. The highest BCUT2D eigenvalue weighted by Crippen LogP contribution is 2.30. The van der Waals surface area contributed by atoms with Crippen molar-refractivity contribution in [3.63, 3.8) is 0 Å². The van der Waals surface area contributed by atoms with Gasteiger partial charge in [0.15, 0.2) is 0 Å². The lowest BCUT2D eigenvalue weighted by Crippen LogP contribution is -2.51. The predicted molar refractivity (Wildman–Crippen MR) is 94.5 cm³/mol. The summed E-state index contributed by atoms with van der Waals surface area (Å²) in [7, 11) is -1.64. The largest absolute Gasteiger partial charge is 0.341 e. The van der Waals surface area contributed by atoms with Gasteiger partial charge in [0.2, 0.25) is 5.91 Å². The summed E-state index contributed by atoms with van der Waals surface area (Å²) in [5.41, 5.74) is 0. The molecule has 2 fully saturated rings. The Morgan fingerprint density at radius 2 is 2.12 bits per heavy atom. The minimum absolute atomic E-state index is 0.0200. The van der Waals surface area contributed by atoms with E-state index in [1.165, 1.54) is 15.6 Å². The van der Waals surface area contributed by atoms with Crippen molar-refractivity contribution in [2.45, 2.75) is 35.9 Å². The van der Waals surface area contributed by atoms with Crippen LogP contribution in [0.3, 0.4) is 0 Å². The van der Waals surface area contributed by atoms with Crippen LogP contribution in [0.5, 0.6) is 0 Å². The van der Waals surface area contributed by atoms with Gasteiger partial charge in [-0.1, -0.05) is 6.07 Å². The van der Waals surface area contributed by atoms with Crippen LogP contribution in [0.1, 0.15) is 25.7 Å². The van der Waals surface area contributed by atoms with Gasteiger partial charge in [0, 0.05) is 19.6 Å². The van der Waals surface area contributed by atoms with Crippen LogP contribution in [-0.4, -0.2) is 62.8 Å². The molecular formula is C16H25N3O3S2. The zero-order valence-electron chi connectivity index (χ0n) is 14.0. The number of hydrogen-bond donors (Lipinski definition) is 1. The molecule has 0 radical (unpaired) electrons. The third-order valence-electron chi connectivity index (χ3n) is 4.87. The zero-order valence-corrected chi connectivity index (χ0v) is 15.6. The maximum atomic E-state index is 13.0. The molecule has 0 saturated carbocycles. The fourth-order valence-electron chi connectivity index (χ4n) is 3.73. The molecule has 2 atom stereocenters. The molecule has 0 aliphatic carbocycles. The molecule has 2 unspecified atom stereocenters. The van der Waals surface area contributed by atoms with E-state index >= 15 is 0 Å². The number of piperidine rings is 1. The topological polar surface area (TPSA) is 69.7 Å². The highest BCUT2D eigenvalue weighted by molar-refractivity contribution is 7.91. The Balaban J connectivity index is 1.74. The van der Waals surface area contributed by atoms with Crippen LogP contribution >= 0.6 is 11.3 Å². The van der Waals surface area contributed by atoms with Crippen LogP contribution in [0.2, 0.25) is 0 Å². The van der Waals surface area contributed by atoms with E-state index in [1.54, 1.807) is 17.5 Å². The lowest BCUT2D eigenvalue weighted by molar-refractivity contribution is -0.136. The molecule has 1 aromatic rings. The summed E-state index contributed by atoms with van der Waals surface area (Å²) in [6.07, 6.45) is 3.47. The lowest BCUT2D eigenvalue weighted by atomic mass is 9.97. The number of carbonyl (C=O) groups excluding carboxylic acids is 1. The number of thiophene rings is 1. The Labute approximate surface area is 147 Å². The van der Waals surface area contributed by atoms with Gasteiger partial charge in [-0.3, -0.25) is 4.79 Å². The van der Waals surface area contributed by atoms with Crippen LogP contribution in [0.4, 0.5) is 0 Å². The number of amides is 1. The van der Waals surface area contributed by atoms with Gasteiger partial charge in [-0.05, 0) is 56.6 Å². The Hall–Kier alpha value is -0.960. The number of rotatable bonds is 5. The van der Waals surface area contributed by atoms with Crippen molar-refractivity contribution in [1.29, 1.82) is 0 Å². The summed E-state index contributed by atoms with van der Waals surface area (Å²) < 4.78 is 27.4. The first-order valence-electron chi connectivity index (χ1n) is 8.53. The van der Waals surface area contributed by atoms with Gasteiger partial charge in [-0.15, -0.1) is 11.3 Å². The summed E-state index contributed by atoms with van der Waals surface area (Å²) in [6, 6.07) is 2.81. The maximum absolute atomic E-state index is 13.0. The lowest BCUT2D eigenvalue weighted by Gasteiger charge is -2.35. The van der Waals surface area contributed by atoms with Crippen molar-refractivity contribution >= 4 is 27.3 Å². The van der Waals surface area contributed by atoms with E-state index in [0.717, 1.165) is 38.9 Å². The van der Waals surface area contributed by atoms with Gasteiger partial charge in [0.25, 0.3) is 10.0 Å². The quantitative estimate of drug-likeness (QED) is 0.848. The second-order valence-electron chi connectivity index (χ2n) is 6.56. The minimum Gasteiger partial charge on any atom is -0.341 e. The Morgan fingerprint density at radius 3 is 2.83 bits per heavy atom. The van der Waals surface area contributed by atoms with Crippen LogP contribution in [0.25, 0.3) is 0 Å². The SMILES string of the molecule is CNCC1CCCN(C(=O)C2CCCN2S(=O)(=O)c2cccs2)C1. The van der Waals surface area contributed by atoms with Crippen LogP contribution in [0.15, 0.2) is 21.7 Å². The third kappa shape index (κ3) is 3.51. The average Bonchev–Trinajstić information content (AvgIpc) is 3.26. The number of nitrogens with zero attached hydrogens (tertiary/aromatic N) is 2. The van der Waals surface area contributed by atoms with Crippen molar-refractivity contribution in [3.05, 3.63) is 17.5 Å². The first-order valence-corrected chi connectivity index (χ1v) is 10.8. The van der Waals surface area contributed by atoms with E-state index in [4.69, 9.17) is 0 Å². The predicted octanol–water partition coefficient (Wildman–Crippen LogP) is 1.36. The van der Waals surface area contributed by atoms with E-state index in [0.29, 0.717) is 23.1 Å². The fraction of sp³-hybridized carbons (Fsp3) is 0.688. The summed E-state index contributed by atoms with van der Waals surface area (Å²) in [6.45, 7) is 2.79. The van der Waals surface area contributed by atoms with Crippen molar-refractivity contribution < 1.29 is 13.2 Å². The smallest absolute Gasteiger partial charge is 0.253 e. The average molecular weight is 372 g/mol. The van der Waals surface area contributed by atoms with Crippen LogP contribution in [-0.2, 0) is 14.8 Å². The van der Waals surface area contributed by atoms with Gasteiger partial charge < -0.3 is 10.2 Å². The summed E-state index contributed by atoms with van der Waals surface area (Å²) in [5, 5.41) is 4.93. The molecular weight excluding hydrogens is 346 g/mol. The number of hydrogen-bond acceptors (Lipinski definition) is 5. The monoisotopic (exact) mass is 371 g/mol. The molecule has 6 nitrogen and oxygen atoms in total. The molecule has 0 aromatic carbocycles. The molecule has 0 spiro atoms. The van der Waals surface area contributed by atoms with Crippen LogP contribution in [0, 0.1) is 5.92 Å². The highest BCUT2D eigenvalue weighted by Gasteiger charge is 2.42. The summed E-state index contributed by atoms with van der Waals surface area (Å²) >= 11 is 1.21. The molecule has 1 amide bonds. The Kier molecular flexibility index (Phi) is 5.59. The highest BCUT2D eigenvalue weighted by atomic mass is 32.2. The molecule has 2 saturated heterocycles. The second-order valence-corrected chi connectivity index (χ2v) is 9.62. The molecule has 2 aliphatic rings. The van der Waals surface area contributed by atoms with Gasteiger partial charge in [-0.25, -0.2) is 8.42 Å². The summed E-state index contributed by atoms with van der Waals surface area (Å²) in [5.74, 6) is 0.435. The molecule has 3 rings (SSSR count). The molecule has 134 valence electrons. The van der Waals surface area contributed by atoms with Gasteiger partial charge >= 0.3 is 0 Å². The number of sulfonamides is 1. The van der Waals surface area contributed by atoms with Crippen molar-refractivity contribution in [3.8, 4) is 0 Å². The Bertz CT molecular complexity index is 658. The molecule has 24 heavy (non-hydrogen) atoms. The van der Waals surface area contributed by atoms with E-state index in [1.807, 2.05) is 11.9 Å². The molecule has 2 aliphatic heterocycles. The first-order chi connectivity index (χ1) is 11.5. The second kappa shape index (κ2) is 7.51. The number of likely N-dealkylation sites (tertiary alicyclic amines) is 1. The first kappa shape index (κ1) is 17.8. The van der Waals surface area contributed by atoms with Crippen molar-refractivity contribution in [2.75, 3.05) is 33.2 Å². The van der Waals surface area contributed by atoms with Gasteiger partial charge in [0.1, 0.15) is 10.3 Å².